The summed E-state index contributed by atoms with van der Waals surface area (Å²) in [5.41, 5.74) is 2.07. The lowest BCUT2D eigenvalue weighted by molar-refractivity contribution is -0.131. The first-order valence-corrected chi connectivity index (χ1v) is 19.1. The number of aliphatic hydroxyl groups is 2. The van der Waals surface area contributed by atoms with Crippen LogP contribution >= 0.6 is 0 Å². The summed E-state index contributed by atoms with van der Waals surface area (Å²) in [6, 6.07) is 16.8. The van der Waals surface area contributed by atoms with Crippen molar-refractivity contribution in [2.75, 3.05) is 13.7 Å². The van der Waals surface area contributed by atoms with Crippen LogP contribution in [0.3, 0.4) is 0 Å². The Bertz CT molecular complexity index is 1850. The molecule has 4 amide bonds. The number of carbonyl (C=O) groups excluding carboxylic acids is 4. The van der Waals surface area contributed by atoms with Gasteiger partial charge in [0.05, 0.1) is 44.7 Å². The molecule has 302 valence electrons. The summed E-state index contributed by atoms with van der Waals surface area (Å²) in [5.74, 6) is -0.988. The highest BCUT2D eigenvalue weighted by molar-refractivity contribution is 5.93. The molecule has 0 bridgehead atoms. The molecule has 1 aromatic heterocycles. The van der Waals surface area contributed by atoms with E-state index in [0.717, 1.165) is 22.8 Å². The Morgan fingerprint density at radius 3 is 2.20 bits per heavy atom. The predicted molar refractivity (Wildman–Crippen MR) is 212 cm³/mol. The second-order valence-corrected chi connectivity index (χ2v) is 14.6. The van der Waals surface area contributed by atoms with Gasteiger partial charge in [0.1, 0.15) is 24.4 Å². The molecule has 0 aliphatic carbocycles. The Hall–Kier alpha value is -5.47. The minimum atomic E-state index is -1.26. The predicted octanol–water partition coefficient (Wildman–Crippen LogP) is 3.94. The summed E-state index contributed by atoms with van der Waals surface area (Å²) in [6.45, 7) is 7.43. The maximum absolute atomic E-state index is 14.2. The minimum absolute atomic E-state index is 0.0124. The average Bonchev–Trinajstić information content (AvgIpc) is 3.71. The van der Waals surface area contributed by atoms with Crippen LogP contribution in [0, 0.1) is 11.8 Å². The number of H-pyrrole nitrogens is 1. The molecule has 1 heterocycles. The first kappa shape index (κ1) is 43.3. The van der Waals surface area contributed by atoms with Crippen molar-refractivity contribution in [3.8, 4) is 5.75 Å². The number of hydrogen-bond donors (Lipinski definition) is 7. The largest absolute Gasteiger partial charge is 0.497 e. The van der Waals surface area contributed by atoms with Crippen molar-refractivity contribution in [3.63, 3.8) is 0 Å². The molecule has 0 aliphatic rings. The monoisotopic (exact) mass is 772 g/mol. The lowest BCUT2D eigenvalue weighted by Crippen LogP contribution is -2.57. The van der Waals surface area contributed by atoms with Crippen LogP contribution in [-0.2, 0) is 38.6 Å². The van der Waals surface area contributed by atoms with Gasteiger partial charge in [0, 0.05) is 24.7 Å². The zero-order chi connectivity index (χ0) is 40.6. The highest BCUT2D eigenvalue weighted by Crippen LogP contribution is 2.21. The molecule has 7 N–H and O–H groups in total. The Balaban J connectivity index is 1.55. The Morgan fingerprint density at radius 1 is 0.839 bits per heavy atom. The molecule has 4 rings (SSSR count). The van der Waals surface area contributed by atoms with Gasteiger partial charge in [0.2, 0.25) is 17.7 Å². The molecule has 0 radical (unpaired) electrons. The molecule has 0 aliphatic heterocycles. The topological polar surface area (TPSA) is 204 Å². The van der Waals surface area contributed by atoms with Crippen LogP contribution in [0.25, 0.3) is 10.8 Å². The minimum Gasteiger partial charge on any atom is -0.497 e. The molecule has 0 saturated carbocycles. The lowest BCUT2D eigenvalue weighted by Gasteiger charge is -2.29. The van der Waals surface area contributed by atoms with E-state index in [1.165, 1.54) is 12.5 Å². The molecule has 14 heteroatoms. The highest BCUT2D eigenvalue weighted by atomic mass is 16.5. The van der Waals surface area contributed by atoms with Crippen molar-refractivity contribution in [2.24, 2.45) is 11.8 Å². The van der Waals surface area contributed by atoms with Crippen molar-refractivity contribution in [1.29, 1.82) is 0 Å². The van der Waals surface area contributed by atoms with Gasteiger partial charge >= 0.3 is 6.09 Å². The van der Waals surface area contributed by atoms with Crippen molar-refractivity contribution in [3.05, 3.63) is 96.1 Å². The molecule has 0 saturated heterocycles. The number of aromatic amines is 1. The van der Waals surface area contributed by atoms with E-state index in [4.69, 9.17) is 9.47 Å². The van der Waals surface area contributed by atoms with Crippen LogP contribution in [-0.4, -0.2) is 88.0 Å². The number of methoxy groups -OCH3 is 1. The van der Waals surface area contributed by atoms with Crippen LogP contribution < -0.4 is 26.0 Å². The SMILES string of the molecule is CCC(C)[C@@H](CO)NC(=O)CC(O)C(CC(C)C)NC(=O)[C@H](Cc1cnc[nH]1)NC(=O)[C@H](Cc1cccc2ccccc12)NC(=O)OCc1ccc(OC)cc1. The van der Waals surface area contributed by atoms with Gasteiger partial charge in [-0.3, -0.25) is 14.4 Å². The van der Waals surface area contributed by atoms with Crippen LogP contribution in [0.5, 0.6) is 5.75 Å². The first-order chi connectivity index (χ1) is 26.9. The number of nitrogens with one attached hydrogen (secondary N) is 5. The smallest absolute Gasteiger partial charge is 0.408 e. The Labute approximate surface area is 328 Å². The summed E-state index contributed by atoms with van der Waals surface area (Å²) in [5, 5.41) is 34.1. The number of fused-ring (bicyclic) bond motifs is 1. The third-order valence-corrected chi connectivity index (χ3v) is 9.84. The normalized spacial score (nSPS) is 14.5. The Kier molecular flexibility index (Phi) is 16.7. The van der Waals surface area contributed by atoms with E-state index < -0.39 is 54.1 Å². The fourth-order valence-corrected chi connectivity index (χ4v) is 6.41. The first-order valence-electron chi connectivity index (χ1n) is 19.1. The molecule has 4 aromatic rings. The fraction of sp³-hybridized carbons (Fsp3) is 0.452. The van der Waals surface area contributed by atoms with Crippen LogP contribution in [0.15, 0.2) is 79.3 Å². The van der Waals surface area contributed by atoms with E-state index >= 15 is 0 Å². The fourth-order valence-electron chi connectivity index (χ4n) is 6.41. The number of aromatic nitrogens is 2. The van der Waals surface area contributed by atoms with Crippen molar-refractivity contribution >= 4 is 34.6 Å². The molecule has 14 nitrogen and oxygen atoms in total. The summed E-state index contributed by atoms with van der Waals surface area (Å²) < 4.78 is 10.7. The van der Waals surface area contributed by atoms with Gasteiger partial charge in [-0.05, 0) is 52.3 Å². The van der Waals surface area contributed by atoms with Crippen molar-refractivity contribution < 1.29 is 38.9 Å². The molecular weight excluding hydrogens is 716 g/mol. The van der Waals surface area contributed by atoms with Crippen LogP contribution in [0.2, 0.25) is 0 Å². The van der Waals surface area contributed by atoms with Crippen LogP contribution in [0.1, 0.15) is 63.8 Å². The second kappa shape index (κ2) is 21.6. The van der Waals surface area contributed by atoms with E-state index in [1.54, 1.807) is 31.4 Å². The number of hydrogen-bond acceptors (Lipinski definition) is 9. The van der Waals surface area contributed by atoms with E-state index in [9.17, 15) is 29.4 Å². The summed E-state index contributed by atoms with van der Waals surface area (Å²) >= 11 is 0. The second-order valence-electron chi connectivity index (χ2n) is 14.6. The zero-order valence-corrected chi connectivity index (χ0v) is 32.8. The number of carbonyl (C=O) groups is 4. The van der Waals surface area contributed by atoms with Crippen molar-refractivity contribution in [2.45, 2.75) is 96.7 Å². The summed E-state index contributed by atoms with van der Waals surface area (Å²) in [4.78, 5) is 61.5. The van der Waals surface area contributed by atoms with Gasteiger partial charge in [-0.1, -0.05) is 88.7 Å². The van der Waals surface area contributed by atoms with Gasteiger partial charge in [-0.2, -0.15) is 0 Å². The van der Waals surface area contributed by atoms with E-state index in [1.807, 2.05) is 70.2 Å². The number of ether oxygens (including phenoxy) is 2. The molecule has 6 atom stereocenters. The van der Waals surface area contributed by atoms with E-state index in [0.29, 0.717) is 23.4 Å². The van der Waals surface area contributed by atoms with E-state index in [2.05, 4.69) is 31.2 Å². The summed E-state index contributed by atoms with van der Waals surface area (Å²) in [6.07, 6.45) is 1.77. The van der Waals surface area contributed by atoms with Crippen molar-refractivity contribution in [1.82, 2.24) is 31.2 Å². The molecule has 0 spiro atoms. The number of nitrogens with zero attached hydrogens (tertiary/aromatic N) is 1. The molecular formula is C42H56N6O8. The average molecular weight is 773 g/mol. The van der Waals surface area contributed by atoms with Crippen LogP contribution in [0.4, 0.5) is 4.79 Å². The zero-order valence-electron chi connectivity index (χ0n) is 32.8. The molecule has 56 heavy (non-hydrogen) atoms. The van der Waals surface area contributed by atoms with Gasteiger partial charge in [0.15, 0.2) is 0 Å². The number of aliphatic hydroxyl groups excluding tert-OH is 2. The van der Waals surface area contributed by atoms with Gasteiger partial charge in [0.25, 0.3) is 0 Å². The number of amides is 4. The van der Waals surface area contributed by atoms with Gasteiger partial charge in [-0.25, -0.2) is 9.78 Å². The third kappa shape index (κ3) is 13.1. The number of imidazole rings is 1. The number of benzene rings is 3. The maximum Gasteiger partial charge on any atom is 0.408 e. The number of rotatable bonds is 21. The lowest BCUT2D eigenvalue weighted by atomic mass is 9.95. The quantitative estimate of drug-likeness (QED) is 0.0655. The summed E-state index contributed by atoms with van der Waals surface area (Å²) in [7, 11) is 1.56. The molecule has 0 fully saturated rings. The highest BCUT2D eigenvalue weighted by Gasteiger charge is 2.32. The molecule has 3 aromatic carbocycles. The standard InChI is InChI=1S/C42H56N6O8/c1-6-27(4)37(23-49)45-39(51)21-38(50)34(18-26(2)3)46-41(53)36(20-31-22-43-25-44-31)47-40(52)35(19-30-12-9-11-29-10-7-8-13-33(29)30)48-42(54)56-24-28-14-16-32(55-5)17-15-28/h7-17,22,25-27,34-38,49-50H,6,18-21,23-24H2,1-5H3,(H,43,44)(H,45,51)(H,46,53)(H,47,52)(H,48,54)/t27?,34?,35-,36-,37+,38?/m0/s1. The van der Waals surface area contributed by atoms with E-state index in [-0.39, 0.29) is 44.3 Å². The third-order valence-electron chi connectivity index (χ3n) is 9.84. The number of alkyl carbamates (subject to hydrolysis) is 1. The molecule has 3 unspecified atom stereocenters. The maximum atomic E-state index is 14.2. The van der Waals surface area contributed by atoms with Gasteiger partial charge < -0.3 is 45.9 Å². The Morgan fingerprint density at radius 2 is 1.54 bits per heavy atom. The van der Waals surface area contributed by atoms with Gasteiger partial charge in [-0.15, -0.1) is 0 Å².